The number of hydrogen-bond acceptors (Lipinski definition) is 4. The summed E-state index contributed by atoms with van der Waals surface area (Å²) in [5.41, 5.74) is 2.66. The smallest absolute Gasteiger partial charge is 0.226 e. The van der Waals surface area contributed by atoms with Crippen LogP contribution < -0.4 is 10.6 Å². The van der Waals surface area contributed by atoms with Gasteiger partial charge in [-0.15, -0.1) is 24.0 Å². The molecule has 0 saturated carbocycles. The Bertz CT molecular complexity index is 843. The number of guanidine groups is 1. The quantitative estimate of drug-likeness (QED) is 0.191. The van der Waals surface area contributed by atoms with Gasteiger partial charge >= 0.3 is 0 Å². The van der Waals surface area contributed by atoms with Crippen LogP contribution in [0.5, 0.6) is 0 Å². The third kappa shape index (κ3) is 7.44. The summed E-state index contributed by atoms with van der Waals surface area (Å²) in [6, 6.07) is 21.3. The fourth-order valence-electron chi connectivity index (χ4n) is 3.34. The largest absolute Gasteiger partial charge is 0.356 e. The van der Waals surface area contributed by atoms with E-state index in [1.54, 1.807) is 7.05 Å². The summed E-state index contributed by atoms with van der Waals surface area (Å²) < 4.78 is 5.14. The van der Waals surface area contributed by atoms with Crippen molar-refractivity contribution in [2.75, 3.05) is 20.1 Å². The van der Waals surface area contributed by atoms with E-state index < -0.39 is 0 Å². The van der Waals surface area contributed by atoms with E-state index in [1.807, 2.05) is 6.92 Å². The van der Waals surface area contributed by atoms with Crippen molar-refractivity contribution in [2.45, 2.75) is 32.1 Å². The van der Waals surface area contributed by atoms with Gasteiger partial charge in [-0.2, -0.15) is 4.98 Å². The summed E-state index contributed by atoms with van der Waals surface area (Å²) in [4.78, 5) is 8.54. The van der Waals surface area contributed by atoms with Crippen LogP contribution in [0.15, 0.2) is 70.2 Å². The Hall–Kier alpha value is -2.42. The monoisotopic (exact) mass is 519 g/mol. The van der Waals surface area contributed by atoms with E-state index >= 15 is 0 Å². The molecule has 6 nitrogen and oxygen atoms in total. The van der Waals surface area contributed by atoms with Crippen LogP contribution in [0.1, 0.15) is 41.6 Å². The lowest BCUT2D eigenvalue weighted by Crippen LogP contribution is -2.38. The van der Waals surface area contributed by atoms with Crippen molar-refractivity contribution < 1.29 is 4.52 Å². The number of rotatable bonds is 9. The molecule has 0 spiro atoms. The summed E-state index contributed by atoms with van der Waals surface area (Å²) in [6.45, 7) is 3.45. The van der Waals surface area contributed by atoms with Crippen LogP contribution in [-0.2, 0) is 6.42 Å². The van der Waals surface area contributed by atoms with Crippen LogP contribution in [0, 0.1) is 6.92 Å². The highest BCUT2D eigenvalue weighted by atomic mass is 127. The number of halogens is 1. The lowest BCUT2D eigenvalue weighted by atomic mass is 9.88. The van der Waals surface area contributed by atoms with Gasteiger partial charge in [-0.1, -0.05) is 65.8 Å². The lowest BCUT2D eigenvalue weighted by Gasteiger charge is -2.19. The molecule has 0 bridgehead atoms. The van der Waals surface area contributed by atoms with Crippen LogP contribution in [0.4, 0.5) is 0 Å². The van der Waals surface area contributed by atoms with Crippen LogP contribution >= 0.6 is 24.0 Å². The molecule has 1 heterocycles. The molecule has 3 aromatic rings. The Kier molecular flexibility index (Phi) is 10.3. The van der Waals surface area contributed by atoms with Crippen LogP contribution in [-0.4, -0.2) is 36.2 Å². The van der Waals surface area contributed by atoms with Gasteiger partial charge in [0, 0.05) is 32.5 Å². The van der Waals surface area contributed by atoms with E-state index in [9.17, 15) is 0 Å². The van der Waals surface area contributed by atoms with Crippen molar-refractivity contribution in [3.63, 3.8) is 0 Å². The summed E-state index contributed by atoms with van der Waals surface area (Å²) in [6.07, 6.45) is 2.64. The molecule has 3 rings (SSSR count). The van der Waals surface area contributed by atoms with Gasteiger partial charge in [0.05, 0.1) is 0 Å². The fraction of sp³-hybridized carbons (Fsp3) is 0.348. The van der Waals surface area contributed by atoms with Gasteiger partial charge in [0.25, 0.3) is 0 Å². The number of aromatic nitrogens is 2. The van der Waals surface area contributed by atoms with Crippen molar-refractivity contribution in [1.82, 2.24) is 20.8 Å². The minimum atomic E-state index is 0. The van der Waals surface area contributed by atoms with Crippen LogP contribution in [0.3, 0.4) is 0 Å². The Morgan fingerprint density at radius 1 is 0.967 bits per heavy atom. The maximum Gasteiger partial charge on any atom is 0.226 e. The van der Waals surface area contributed by atoms with Crippen molar-refractivity contribution in [1.29, 1.82) is 0 Å². The first kappa shape index (κ1) is 23.9. The maximum absolute atomic E-state index is 5.14. The van der Waals surface area contributed by atoms with E-state index in [0.717, 1.165) is 38.3 Å². The first-order chi connectivity index (χ1) is 14.3. The van der Waals surface area contributed by atoms with Gasteiger partial charge in [-0.25, -0.2) is 0 Å². The third-order valence-electron chi connectivity index (χ3n) is 4.78. The Balaban J connectivity index is 0.00000320. The molecule has 0 aliphatic carbocycles. The average molecular weight is 519 g/mol. The molecule has 0 atom stereocenters. The molecule has 0 radical (unpaired) electrons. The Morgan fingerprint density at radius 3 is 2.10 bits per heavy atom. The number of aryl methyl sites for hydroxylation is 2. The number of nitrogens with one attached hydrogen (secondary N) is 2. The van der Waals surface area contributed by atoms with Gasteiger partial charge in [-0.05, 0) is 30.9 Å². The summed E-state index contributed by atoms with van der Waals surface area (Å²) >= 11 is 0. The molecule has 0 unspecified atom stereocenters. The fourth-order valence-corrected chi connectivity index (χ4v) is 3.34. The third-order valence-corrected chi connectivity index (χ3v) is 4.78. The van der Waals surface area contributed by atoms with E-state index in [4.69, 9.17) is 4.52 Å². The highest BCUT2D eigenvalue weighted by Crippen LogP contribution is 2.27. The molecule has 160 valence electrons. The molecule has 1 aromatic heterocycles. The molecule has 7 heteroatoms. The van der Waals surface area contributed by atoms with E-state index in [0.29, 0.717) is 17.6 Å². The lowest BCUT2D eigenvalue weighted by molar-refractivity contribution is 0.372. The maximum atomic E-state index is 5.14. The molecule has 0 saturated heterocycles. The number of nitrogens with zero attached hydrogens (tertiary/aromatic N) is 3. The van der Waals surface area contributed by atoms with Crippen molar-refractivity contribution in [2.24, 2.45) is 4.99 Å². The average Bonchev–Trinajstić information content (AvgIpc) is 3.19. The number of hydrogen-bond donors (Lipinski definition) is 2. The Labute approximate surface area is 195 Å². The first-order valence-electron chi connectivity index (χ1n) is 10.1. The highest BCUT2D eigenvalue weighted by molar-refractivity contribution is 14.0. The highest BCUT2D eigenvalue weighted by Gasteiger charge is 2.13. The number of benzene rings is 2. The molecule has 2 N–H and O–H groups in total. The van der Waals surface area contributed by atoms with Crippen molar-refractivity contribution in [3.05, 3.63) is 83.5 Å². The number of aliphatic imine (C=N–C) groups is 1. The van der Waals surface area contributed by atoms with Crippen molar-refractivity contribution >= 4 is 29.9 Å². The summed E-state index contributed by atoms with van der Waals surface area (Å²) in [7, 11) is 1.79. The zero-order chi connectivity index (χ0) is 20.3. The molecule has 0 amide bonds. The predicted octanol–water partition coefficient (Wildman–Crippen LogP) is 4.32. The second-order valence-electron chi connectivity index (χ2n) is 6.93. The minimum Gasteiger partial charge on any atom is -0.356 e. The van der Waals surface area contributed by atoms with E-state index in [2.05, 4.69) is 86.4 Å². The van der Waals surface area contributed by atoms with Gasteiger partial charge in [0.15, 0.2) is 11.8 Å². The molecule has 0 aliphatic rings. The Morgan fingerprint density at radius 2 is 1.57 bits per heavy atom. The molecular formula is C23H30IN5O. The van der Waals surface area contributed by atoms with Gasteiger partial charge in [0.1, 0.15) is 0 Å². The zero-order valence-corrected chi connectivity index (χ0v) is 19.9. The molecule has 0 fully saturated rings. The zero-order valence-electron chi connectivity index (χ0n) is 17.5. The second kappa shape index (κ2) is 13.0. The van der Waals surface area contributed by atoms with Gasteiger partial charge in [-0.3, -0.25) is 4.99 Å². The van der Waals surface area contributed by atoms with Crippen LogP contribution in [0.2, 0.25) is 0 Å². The summed E-state index contributed by atoms with van der Waals surface area (Å²) in [5, 5.41) is 10.6. The molecule has 0 aliphatic heterocycles. The second-order valence-corrected chi connectivity index (χ2v) is 6.93. The SMILES string of the molecule is CN=C(NCCCc1nc(C)no1)NCCC(c1ccccc1)c1ccccc1.I. The minimum absolute atomic E-state index is 0. The van der Waals surface area contributed by atoms with Gasteiger partial charge < -0.3 is 15.2 Å². The molecule has 30 heavy (non-hydrogen) atoms. The first-order valence-corrected chi connectivity index (χ1v) is 10.1. The van der Waals surface area contributed by atoms with Crippen molar-refractivity contribution in [3.8, 4) is 0 Å². The topological polar surface area (TPSA) is 75.3 Å². The van der Waals surface area contributed by atoms with E-state index in [-0.39, 0.29) is 24.0 Å². The normalized spacial score (nSPS) is 11.2. The summed E-state index contributed by atoms with van der Waals surface area (Å²) in [5.74, 6) is 2.52. The van der Waals surface area contributed by atoms with Crippen LogP contribution in [0.25, 0.3) is 0 Å². The van der Waals surface area contributed by atoms with E-state index in [1.165, 1.54) is 11.1 Å². The molecular weight excluding hydrogens is 489 g/mol. The predicted molar refractivity (Wildman–Crippen MR) is 131 cm³/mol. The standard InChI is InChI=1S/C23H29N5O.HI/c1-18-27-22(29-28-18)14-9-16-25-23(24-2)26-17-15-21(19-10-5-3-6-11-19)20-12-7-4-8-13-20;/h3-8,10-13,21H,9,14-17H2,1-2H3,(H2,24,25,26);1H. The molecule has 2 aromatic carbocycles. The van der Waals surface area contributed by atoms with Gasteiger partial charge in [0.2, 0.25) is 5.89 Å².